The zero-order valence-electron chi connectivity index (χ0n) is 12.6. The molecule has 21 heavy (non-hydrogen) atoms. The average molecular weight is 279 g/mol. The van der Waals surface area contributed by atoms with Crippen molar-refractivity contribution in [3.63, 3.8) is 0 Å². The molecule has 0 N–H and O–H groups in total. The highest BCUT2D eigenvalue weighted by Gasteiger charge is 2.35. The van der Waals surface area contributed by atoms with Gasteiger partial charge in [-0.25, -0.2) is 0 Å². The molecule has 0 radical (unpaired) electrons. The molecule has 1 aliphatic carbocycles. The highest BCUT2D eigenvalue weighted by atomic mass is 16.5. The Balaban J connectivity index is 1.98. The summed E-state index contributed by atoms with van der Waals surface area (Å²) >= 11 is 0. The van der Waals surface area contributed by atoms with E-state index in [4.69, 9.17) is 4.74 Å². The van der Waals surface area contributed by atoms with E-state index in [9.17, 15) is 0 Å². The predicted molar refractivity (Wildman–Crippen MR) is 87.2 cm³/mol. The van der Waals surface area contributed by atoms with Gasteiger partial charge in [0.15, 0.2) is 0 Å². The largest absolute Gasteiger partial charge is 0.497 e. The number of ether oxygens (including phenoxy) is 1. The van der Waals surface area contributed by atoms with Crippen LogP contribution in [0.5, 0.6) is 0 Å². The molecule has 1 aliphatic heterocycles. The van der Waals surface area contributed by atoms with Crippen LogP contribution in [0.25, 0.3) is 5.57 Å². The molecule has 1 spiro atoms. The van der Waals surface area contributed by atoms with Crippen molar-refractivity contribution in [2.24, 2.45) is 5.41 Å². The van der Waals surface area contributed by atoms with Crippen LogP contribution >= 0.6 is 0 Å². The fraction of sp³-hybridized carbons (Fsp3) is 0.263. The second-order valence-electron chi connectivity index (χ2n) is 5.30. The number of benzene rings is 1. The number of hydrogen-bond donors (Lipinski definition) is 0. The van der Waals surface area contributed by atoms with E-state index >= 15 is 0 Å². The molecule has 0 bridgehead atoms. The summed E-state index contributed by atoms with van der Waals surface area (Å²) in [4.78, 5) is 2.17. The van der Waals surface area contributed by atoms with Gasteiger partial charge in [-0.15, -0.1) is 0 Å². The molecule has 0 saturated carbocycles. The Morgan fingerprint density at radius 3 is 2.38 bits per heavy atom. The molecular formula is C19H21NO. The summed E-state index contributed by atoms with van der Waals surface area (Å²) in [6, 6.07) is 10.5. The van der Waals surface area contributed by atoms with Crippen LogP contribution in [0.3, 0.4) is 0 Å². The molecule has 2 nitrogen and oxygen atoms in total. The third-order valence-electron chi connectivity index (χ3n) is 3.96. The van der Waals surface area contributed by atoms with Crippen molar-refractivity contribution < 1.29 is 4.74 Å². The molecule has 0 unspecified atom stereocenters. The fourth-order valence-electron chi connectivity index (χ4n) is 2.77. The summed E-state index contributed by atoms with van der Waals surface area (Å²) in [5, 5.41) is 0. The van der Waals surface area contributed by atoms with E-state index in [1.807, 2.05) is 13.0 Å². The Kier molecular flexibility index (Phi) is 3.70. The Labute approximate surface area is 126 Å². The Hall–Kier alpha value is -2.22. The molecular weight excluding hydrogens is 258 g/mol. The first-order valence-corrected chi connectivity index (χ1v) is 7.55. The summed E-state index contributed by atoms with van der Waals surface area (Å²) in [7, 11) is 0. The molecule has 1 heterocycles. The quantitative estimate of drug-likeness (QED) is 0.812. The van der Waals surface area contributed by atoms with E-state index in [1.54, 1.807) is 0 Å². The molecule has 0 saturated heterocycles. The van der Waals surface area contributed by atoms with E-state index in [-0.39, 0.29) is 5.41 Å². The average Bonchev–Trinajstić information content (AvgIpc) is 2.88. The summed E-state index contributed by atoms with van der Waals surface area (Å²) < 4.78 is 5.90. The topological polar surface area (TPSA) is 12.5 Å². The van der Waals surface area contributed by atoms with Gasteiger partial charge in [0, 0.05) is 18.9 Å². The van der Waals surface area contributed by atoms with Gasteiger partial charge in [0.2, 0.25) is 0 Å². The van der Waals surface area contributed by atoms with E-state index in [0.717, 1.165) is 12.3 Å². The molecule has 0 aromatic heterocycles. The number of rotatable bonds is 4. The maximum atomic E-state index is 5.90. The van der Waals surface area contributed by atoms with Crippen molar-refractivity contribution in [3.8, 4) is 0 Å². The molecule has 1 aromatic rings. The maximum Gasteiger partial charge on any atom is 0.114 e. The van der Waals surface area contributed by atoms with Crippen LogP contribution in [0.4, 0.5) is 0 Å². The van der Waals surface area contributed by atoms with E-state index < -0.39 is 0 Å². The van der Waals surface area contributed by atoms with Crippen LogP contribution in [-0.2, 0) is 4.74 Å². The fourth-order valence-corrected chi connectivity index (χ4v) is 2.77. The molecule has 108 valence electrons. The zero-order valence-corrected chi connectivity index (χ0v) is 12.6. The molecule has 0 fully saturated rings. The Morgan fingerprint density at radius 1 is 1.05 bits per heavy atom. The highest BCUT2D eigenvalue weighted by molar-refractivity contribution is 5.80. The standard InChI is InChI=1S/C19H21NO/c1-3-20-12-10-19(11-13-20)15-17(14-18(19)21-4-2)16-8-6-5-7-9-16/h5-15H,3-4H2,1-2H3. The van der Waals surface area contributed by atoms with Gasteiger partial charge in [0.1, 0.15) is 5.76 Å². The predicted octanol–water partition coefficient (Wildman–Crippen LogP) is 4.35. The van der Waals surface area contributed by atoms with Crippen molar-refractivity contribution in [1.82, 2.24) is 4.90 Å². The first kappa shape index (κ1) is 13.7. The summed E-state index contributed by atoms with van der Waals surface area (Å²) in [6.07, 6.45) is 13.2. The lowest BCUT2D eigenvalue weighted by molar-refractivity contribution is 0.195. The van der Waals surface area contributed by atoms with E-state index in [0.29, 0.717) is 6.61 Å². The van der Waals surface area contributed by atoms with Crippen LogP contribution in [0.1, 0.15) is 19.4 Å². The van der Waals surface area contributed by atoms with Crippen LogP contribution in [0.2, 0.25) is 0 Å². The van der Waals surface area contributed by atoms with Crippen molar-refractivity contribution in [1.29, 1.82) is 0 Å². The number of hydrogen-bond acceptors (Lipinski definition) is 2. The molecule has 2 heteroatoms. The Morgan fingerprint density at radius 2 is 1.76 bits per heavy atom. The first-order chi connectivity index (χ1) is 10.3. The van der Waals surface area contributed by atoms with Crippen LogP contribution in [0.15, 0.2) is 72.8 Å². The van der Waals surface area contributed by atoms with E-state index in [1.165, 1.54) is 11.1 Å². The van der Waals surface area contributed by atoms with Crippen molar-refractivity contribution in [3.05, 3.63) is 78.4 Å². The van der Waals surface area contributed by atoms with Crippen molar-refractivity contribution >= 4 is 5.57 Å². The minimum absolute atomic E-state index is 0.229. The normalized spacial score (nSPS) is 18.9. The molecule has 3 rings (SSSR count). The molecule has 0 atom stereocenters. The van der Waals surface area contributed by atoms with Crippen molar-refractivity contribution in [2.45, 2.75) is 13.8 Å². The minimum atomic E-state index is -0.229. The second-order valence-corrected chi connectivity index (χ2v) is 5.30. The van der Waals surface area contributed by atoms with Crippen LogP contribution in [-0.4, -0.2) is 18.1 Å². The van der Waals surface area contributed by atoms with Gasteiger partial charge in [-0.2, -0.15) is 0 Å². The summed E-state index contributed by atoms with van der Waals surface area (Å²) in [6.45, 7) is 5.84. The van der Waals surface area contributed by atoms with Crippen LogP contribution in [0, 0.1) is 5.41 Å². The van der Waals surface area contributed by atoms with Crippen molar-refractivity contribution in [2.75, 3.05) is 13.2 Å². The third kappa shape index (κ3) is 2.54. The first-order valence-electron chi connectivity index (χ1n) is 7.55. The summed E-state index contributed by atoms with van der Waals surface area (Å²) in [5.41, 5.74) is 2.22. The monoisotopic (exact) mass is 279 g/mol. The van der Waals surface area contributed by atoms with Gasteiger partial charge in [0.05, 0.1) is 12.0 Å². The SMILES string of the molecule is CCOC1=CC(c2ccccc2)=CC12C=CN(CC)C=C2. The van der Waals surface area contributed by atoms with E-state index in [2.05, 4.69) is 72.8 Å². The van der Waals surface area contributed by atoms with Gasteiger partial charge in [-0.3, -0.25) is 0 Å². The number of nitrogens with zero attached hydrogens (tertiary/aromatic N) is 1. The molecule has 2 aliphatic rings. The highest BCUT2D eigenvalue weighted by Crippen LogP contribution is 2.44. The van der Waals surface area contributed by atoms with Gasteiger partial charge >= 0.3 is 0 Å². The smallest absolute Gasteiger partial charge is 0.114 e. The molecule has 0 amide bonds. The Bertz CT molecular complexity index is 608. The lowest BCUT2D eigenvalue weighted by atomic mass is 9.86. The van der Waals surface area contributed by atoms with Gasteiger partial charge in [-0.1, -0.05) is 36.4 Å². The summed E-state index contributed by atoms with van der Waals surface area (Å²) in [5.74, 6) is 1.01. The third-order valence-corrected chi connectivity index (χ3v) is 3.96. The number of allylic oxidation sites excluding steroid dienone is 3. The van der Waals surface area contributed by atoms with Gasteiger partial charge < -0.3 is 9.64 Å². The van der Waals surface area contributed by atoms with Gasteiger partial charge in [-0.05, 0) is 43.2 Å². The lowest BCUT2D eigenvalue weighted by Gasteiger charge is -2.29. The maximum absolute atomic E-state index is 5.90. The van der Waals surface area contributed by atoms with Crippen LogP contribution < -0.4 is 0 Å². The molecule has 1 aromatic carbocycles. The second kappa shape index (κ2) is 5.65. The lowest BCUT2D eigenvalue weighted by Crippen LogP contribution is -2.22. The van der Waals surface area contributed by atoms with Gasteiger partial charge in [0.25, 0.3) is 0 Å². The minimum Gasteiger partial charge on any atom is -0.497 e. The zero-order chi connectivity index (χ0) is 14.7.